The zero-order valence-electron chi connectivity index (χ0n) is 10.8. The zero-order valence-corrected chi connectivity index (χ0v) is 12.3. The predicted molar refractivity (Wildman–Crippen MR) is 82.0 cm³/mol. The van der Waals surface area contributed by atoms with Crippen molar-refractivity contribution in [3.63, 3.8) is 0 Å². The maximum Gasteiger partial charge on any atom is 0.150 e. The van der Waals surface area contributed by atoms with Crippen LogP contribution in [0.25, 0.3) is 20.7 Å². The summed E-state index contributed by atoms with van der Waals surface area (Å²) in [7, 11) is 0. The van der Waals surface area contributed by atoms with Crippen LogP contribution >= 0.6 is 22.9 Å². The third-order valence-corrected chi connectivity index (χ3v) is 4.65. The lowest BCUT2D eigenvalue weighted by Gasteiger charge is -1.99. The summed E-state index contributed by atoms with van der Waals surface area (Å²) in [6, 6.07) is 10.7. The number of thiophene rings is 1. The van der Waals surface area contributed by atoms with Crippen LogP contribution in [-0.2, 0) is 6.42 Å². The Balaban J connectivity index is 2.12. The lowest BCUT2D eigenvalue weighted by Crippen LogP contribution is -1.86. The molecule has 19 heavy (non-hydrogen) atoms. The Morgan fingerprint density at radius 2 is 1.89 bits per heavy atom. The molecule has 0 fully saturated rings. The molecule has 0 aliphatic heterocycles. The maximum atomic E-state index is 6.17. The van der Waals surface area contributed by atoms with Gasteiger partial charge in [0.05, 0.1) is 10.2 Å². The Labute approximate surface area is 121 Å². The Hall–Kier alpha value is -1.45. The normalized spacial score (nSPS) is 11.1. The molecule has 0 bridgehead atoms. The molecule has 0 saturated carbocycles. The first-order valence-corrected chi connectivity index (χ1v) is 7.40. The van der Waals surface area contributed by atoms with Gasteiger partial charge in [0.1, 0.15) is 5.82 Å². The lowest BCUT2D eigenvalue weighted by atomic mass is 10.1. The smallest absolute Gasteiger partial charge is 0.150 e. The van der Waals surface area contributed by atoms with E-state index in [0.29, 0.717) is 11.0 Å². The topological polar surface area (TPSA) is 25.8 Å². The van der Waals surface area contributed by atoms with Crippen molar-refractivity contribution in [3.05, 3.63) is 46.9 Å². The van der Waals surface area contributed by atoms with E-state index in [9.17, 15) is 0 Å². The molecule has 0 atom stereocenters. The van der Waals surface area contributed by atoms with Gasteiger partial charge in [-0.1, -0.05) is 42.8 Å². The second kappa shape index (κ2) is 4.91. The first-order chi connectivity index (χ1) is 9.17. The van der Waals surface area contributed by atoms with Gasteiger partial charge in [0.15, 0.2) is 5.15 Å². The van der Waals surface area contributed by atoms with Gasteiger partial charge in [-0.3, -0.25) is 0 Å². The van der Waals surface area contributed by atoms with Crippen LogP contribution in [0.1, 0.15) is 18.3 Å². The lowest BCUT2D eigenvalue weighted by molar-refractivity contribution is 1.10. The van der Waals surface area contributed by atoms with Crippen molar-refractivity contribution >= 4 is 33.2 Å². The van der Waals surface area contributed by atoms with Gasteiger partial charge in [-0.05, 0) is 30.5 Å². The highest BCUT2D eigenvalue weighted by Crippen LogP contribution is 2.35. The Morgan fingerprint density at radius 3 is 2.58 bits per heavy atom. The molecule has 2 aromatic heterocycles. The highest BCUT2D eigenvalue weighted by Gasteiger charge is 2.10. The quantitative estimate of drug-likeness (QED) is 0.628. The largest absolute Gasteiger partial charge is 0.232 e. The molecule has 0 N–H and O–H groups in total. The van der Waals surface area contributed by atoms with Crippen molar-refractivity contribution < 1.29 is 0 Å². The molecule has 3 rings (SSSR count). The summed E-state index contributed by atoms with van der Waals surface area (Å²) < 4.78 is 0.960. The molecule has 0 aliphatic carbocycles. The van der Waals surface area contributed by atoms with E-state index in [1.165, 1.54) is 16.0 Å². The molecule has 0 radical (unpaired) electrons. The first-order valence-electron chi connectivity index (χ1n) is 6.20. The predicted octanol–water partition coefficient (Wildman–Crippen LogP) is 4.88. The average Bonchev–Trinajstić information content (AvgIpc) is 2.83. The summed E-state index contributed by atoms with van der Waals surface area (Å²) in [4.78, 5) is 9.81. The maximum absolute atomic E-state index is 6.17. The fourth-order valence-corrected chi connectivity index (χ4v) is 3.37. The van der Waals surface area contributed by atoms with Crippen LogP contribution in [0, 0.1) is 6.92 Å². The molecule has 0 amide bonds. The summed E-state index contributed by atoms with van der Waals surface area (Å²) in [5.41, 5.74) is 3.48. The number of hydrogen-bond donors (Lipinski definition) is 0. The third kappa shape index (κ3) is 2.36. The van der Waals surface area contributed by atoms with Crippen molar-refractivity contribution in [2.45, 2.75) is 20.3 Å². The van der Waals surface area contributed by atoms with E-state index in [0.717, 1.165) is 16.6 Å². The van der Waals surface area contributed by atoms with Crippen molar-refractivity contribution in [2.24, 2.45) is 0 Å². The minimum Gasteiger partial charge on any atom is -0.232 e. The van der Waals surface area contributed by atoms with Crippen LogP contribution in [0.2, 0.25) is 5.15 Å². The monoisotopic (exact) mass is 288 g/mol. The Kier molecular flexibility index (Phi) is 3.25. The minimum atomic E-state index is 0.545. The van der Waals surface area contributed by atoms with Gasteiger partial charge in [0, 0.05) is 4.88 Å². The van der Waals surface area contributed by atoms with Gasteiger partial charge in [-0.15, -0.1) is 11.3 Å². The van der Waals surface area contributed by atoms with Gasteiger partial charge in [-0.25, -0.2) is 9.97 Å². The second-order valence-corrected chi connectivity index (χ2v) is 5.85. The van der Waals surface area contributed by atoms with E-state index in [2.05, 4.69) is 47.2 Å². The SMILES string of the molecule is CCc1ccc(-c2cc3nc(C)nc(Cl)c3s2)cc1. The van der Waals surface area contributed by atoms with E-state index in [-0.39, 0.29) is 0 Å². The number of aryl methyl sites for hydroxylation is 2. The molecule has 0 aliphatic rings. The highest BCUT2D eigenvalue weighted by molar-refractivity contribution is 7.22. The van der Waals surface area contributed by atoms with Gasteiger partial charge < -0.3 is 0 Å². The number of aromatic nitrogens is 2. The molecule has 4 heteroatoms. The van der Waals surface area contributed by atoms with E-state index in [4.69, 9.17) is 11.6 Å². The van der Waals surface area contributed by atoms with Crippen LogP contribution in [-0.4, -0.2) is 9.97 Å². The van der Waals surface area contributed by atoms with Crippen LogP contribution in [0.15, 0.2) is 30.3 Å². The zero-order chi connectivity index (χ0) is 13.4. The number of rotatable bonds is 2. The molecule has 0 unspecified atom stereocenters. The minimum absolute atomic E-state index is 0.545. The molecular weight excluding hydrogens is 276 g/mol. The molecule has 96 valence electrons. The van der Waals surface area contributed by atoms with Crippen molar-refractivity contribution in [2.75, 3.05) is 0 Å². The average molecular weight is 289 g/mol. The summed E-state index contributed by atoms with van der Waals surface area (Å²) in [5.74, 6) is 0.711. The number of halogens is 1. The molecule has 1 aromatic carbocycles. The molecular formula is C15H13ClN2S. The van der Waals surface area contributed by atoms with Crippen molar-refractivity contribution in [3.8, 4) is 10.4 Å². The van der Waals surface area contributed by atoms with Gasteiger partial charge in [-0.2, -0.15) is 0 Å². The molecule has 2 heterocycles. The number of nitrogens with zero attached hydrogens (tertiary/aromatic N) is 2. The van der Waals surface area contributed by atoms with Gasteiger partial charge >= 0.3 is 0 Å². The molecule has 0 spiro atoms. The fraction of sp³-hybridized carbons (Fsp3) is 0.200. The van der Waals surface area contributed by atoms with Gasteiger partial charge in [0.25, 0.3) is 0 Å². The summed E-state index contributed by atoms with van der Waals surface area (Å²) >= 11 is 7.81. The van der Waals surface area contributed by atoms with Crippen LogP contribution < -0.4 is 0 Å². The van der Waals surface area contributed by atoms with Crippen LogP contribution in [0.5, 0.6) is 0 Å². The summed E-state index contributed by atoms with van der Waals surface area (Å²) in [5, 5.41) is 0.545. The first kappa shape index (κ1) is 12.6. The second-order valence-electron chi connectivity index (χ2n) is 4.44. The fourth-order valence-electron chi connectivity index (χ4n) is 2.05. The summed E-state index contributed by atoms with van der Waals surface area (Å²) in [6.45, 7) is 4.02. The van der Waals surface area contributed by atoms with E-state index in [1.54, 1.807) is 11.3 Å². The Bertz CT molecular complexity index is 732. The molecule has 3 aromatic rings. The van der Waals surface area contributed by atoms with Crippen LogP contribution in [0.3, 0.4) is 0 Å². The number of hydrogen-bond acceptors (Lipinski definition) is 3. The van der Waals surface area contributed by atoms with E-state index in [1.807, 2.05) is 6.92 Å². The van der Waals surface area contributed by atoms with Gasteiger partial charge in [0.2, 0.25) is 0 Å². The van der Waals surface area contributed by atoms with E-state index >= 15 is 0 Å². The summed E-state index contributed by atoms with van der Waals surface area (Å²) in [6.07, 6.45) is 1.06. The van der Waals surface area contributed by atoms with E-state index < -0.39 is 0 Å². The molecule has 2 nitrogen and oxygen atoms in total. The standard InChI is InChI=1S/C15H13ClN2S/c1-3-10-4-6-11(7-5-10)13-8-12-14(19-13)15(16)18-9(2)17-12/h4-8H,3H2,1-2H3. The van der Waals surface area contributed by atoms with Crippen LogP contribution in [0.4, 0.5) is 0 Å². The number of benzene rings is 1. The van der Waals surface area contributed by atoms with Crippen molar-refractivity contribution in [1.29, 1.82) is 0 Å². The molecule has 0 saturated heterocycles. The van der Waals surface area contributed by atoms with Crippen molar-refractivity contribution in [1.82, 2.24) is 9.97 Å². The third-order valence-electron chi connectivity index (χ3n) is 3.09. The number of fused-ring (bicyclic) bond motifs is 1. The highest BCUT2D eigenvalue weighted by atomic mass is 35.5. The Morgan fingerprint density at radius 1 is 1.16 bits per heavy atom.